The predicted octanol–water partition coefficient (Wildman–Crippen LogP) is 2.27. The molecule has 0 aromatic carbocycles. The molecule has 1 unspecified atom stereocenters. The van der Waals surface area contributed by atoms with E-state index in [2.05, 4.69) is 31.0 Å². The Hall–Kier alpha value is -0.570. The molecule has 0 aromatic rings. The first-order chi connectivity index (χ1) is 8.47. The van der Waals surface area contributed by atoms with Crippen LogP contribution in [0.4, 0.5) is 0 Å². The summed E-state index contributed by atoms with van der Waals surface area (Å²) in [6, 6.07) is 0. The van der Waals surface area contributed by atoms with Gasteiger partial charge in [-0.25, -0.2) is 0 Å². The molecule has 2 rings (SSSR count). The number of amides is 1. The normalized spacial score (nSPS) is 26.9. The fraction of sp³-hybridized carbons (Fsp3) is 0.933. The molecule has 0 bridgehead atoms. The fourth-order valence-corrected chi connectivity index (χ4v) is 3.08. The molecule has 2 aliphatic heterocycles. The molecule has 2 aliphatic rings. The number of carbonyl (C=O) groups excluding carboxylic acids is 1. The lowest BCUT2D eigenvalue weighted by Gasteiger charge is -2.28. The lowest BCUT2D eigenvalue weighted by molar-refractivity contribution is -0.127. The second-order valence-corrected chi connectivity index (χ2v) is 7.09. The third kappa shape index (κ3) is 3.47. The van der Waals surface area contributed by atoms with Crippen molar-refractivity contribution in [2.24, 2.45) is 17.3 Å². The van der Waals surface area contributed by atoms with Gasteiger partial charge in [0.15, 0.2) is 0 Å². The maximum atomic E-state index is 12.0. The Labute approximate surface area is 111 Å². The number of likely N-dealkylation sites (tertiary alicyclic amines) is 1. The predicted molar refractivity (Wildman–Crippen MR) is 74.4 cm³/mol. The number of carbonyl (C=O) groups is 1. The van der Waals surface area contributed by atoms with Crippen LogP contribution in [0, 0.1) is 17.3 Å². The van der Waals surface area contributed by atoms with E-state index in [4.69, 9.17) is 0 Å². The van der Waals surface area contributed by atoms with Gasteiger partial charge in [0, 0.05) is 19.5 Å². The van der Waals surface area contributed by atoms with Crippen molar-refractivity contribution < 1.29 is 4.79 Å². The summed E-state index contributed by atoms with van der Waals surface area (Å²) in [4.78, 5) is 14.1. The molecule has 2 heterocycles. The van der Waals surface area contributed by atoms with Gasteiger partial charge >= 0.3 is 0 Å². The molecule has 0 aromatic heterocycles. The number of nitrogens with one attached hydrogen (secondary N) is 1. The van der Waals surface area contributed by atoms with Gasteiger partial charge in [0.05, 0.1) is 0 Å². The van der Waals surface area contributed by atoms with E-state index in [1.165, 1.54) is 19.3 Å². The quantitative estimate of drug-likeness (QED) is 0.835. The van der Waals surface area contributed by atoms with E-state index in [1.807, 2.05) is 0 Å². The molecule has 3 heteroatoms. The Balaban J connectivity index is 1.78. The highest BCUT2D eigenvalue weighted by Crippen LogP contribution is 2.34. The topological polar surface area (TPSA) is 32.3 Å². The van der Waals surface area contributed by atoms with Crippen LogP contribution in [-0.4, -0.2) is 37.0 Å². The highest BCUT2D eigenvalue weighted by atomic mass is 16.2. The van der Waals surface area contributed by atoms with Crippen LogP contribution >= 0.6 is 0 Å². The standard InChI is InChI=1S/C15H28N2O/c1-15(2,3)13-10-14(18)17(11-13)9-6-12-4-7-16-8-5-12/h12-13,16H,4-11H2,1-3H3. The second-order valence-electron chi connectivity index (χ2n) is 7.09. The van der Waals surface area contributed by atoms with Gasteiger partial charge in [0.1, 0.15) is 0 Å². The van der Waals surface area contributed by atoms with E-state index >= 15 is 0 Å². The van der Waals surface area contributed by atoms with E-state index < -0.39 is 0 Å². The van der Waals surface area contributed by atoms with Gasteiger partial charge in [-0.1, -0.05) is 20.8 Å². The minimum atomic E-state index is 0.263. The first kappa shape index (κ1) is 13.9. The van der Waals surface area contributed by atoms with Crippen molar-refractivity contribution >= 4 is 5.91 Å². The Morgan fingerprint density at radius 3 is 2.50 bits per heavy atom. The zero-order valence-electron chi connectivity index (χ0n) is 12.2. The van der Waals surface area contributed by atoms with E-state index in [-0.39, 0.29) is 5.41 Å². The van der Waals surface area contributed by atoms with Gasteiger partial charge in [-0.05, 0) is 49.6 Å². The second kappa shape index (κ2) is 5.60. The van der Waals surface area contributed by atoms with Crippen molar-refractivity contribution in [3.05, 3.63) is 0 Å². The molecule has 1 N–H and O–H groups in total. The van der Waals surface area contributed by atoms with E-state index in [0.717, 1.165) is 38.5 Å². The Kier molecular flexibility index (Phi) is 4.31. The fourth-order valence-electron chi connectivity index (χ4n) is 3.08. The van der Waals surface area contributed by atoms with Gasteiger partial charge < -0.3 is 10.2 Å². The highest BCUT2D eigenvalue weighted by Gasteiger charge is 2.36. The van der Waals surface area contributed by atoms with E-state index in [0.29, 0.717) is 11.8 Å². The molecule has 0 aliphatic carbocycles. The minimum Gasteiger partial charge on any atom is -0.342 e. The molecule has 0 spiro atoms. The number of nitrogens with zero attached hydrogens (tertiary/aromatic N) is 1. The maximum Gasteiger partial charge on any atom is 0.222 e. The summed E-state index contributed by atoms with van der Waals surface area (Å²) in [5.74, 6) is 1.75. The number of hydrogen-bond donors (Lipinski definition) is 1. The van der Waals surface area contributed by atoms with E-state index in [9.17, 15) is 4.79 Å². The maximum absolute atomic E-state index is 12.0. The average Bonchev–Trinajstić information content (AvgIpc) is 2.69. The van der Waals surface area contributed by atoms with Crippen LogP contribution in [0.1, 0.15) is 46.5 Å². The molecule has 1 atom stereocenters. The zero-order chi connectivity index (χ0) is 13.2. The largest absolute Gasteiger partial charge is 0.342 e. The molecular formula is C15H28N2O. The first-order valence-electron chi connectivity index (χ1n) is 7.45. The minimum absolute atomic E-state index is 0.263. The number of hydrogen-bond acceptors (Lipinski definition) is 2. The highest BCUT2D eigenvalue weighted by molar-refractivity contribution is 5.78. The van der Waals surface area contributed by atoms with E-state index in [1.54, 1.807) is 0 Å². The van der Waals surface area contributed by atoms with Gasteiger partial charge in [-0.2, -0.15) is 0 Å². The summed E-state index contributed by atoms with van der Waals surface area (Å²) in [6.07, 6.45) is 4.52. The van der Waals surface area contributed by atoms with Crippen molar-refractivity contribution in [1.82, 2.24) is 10.2 Å². The average molecular weight is 252 g/mol. The van der Waals surface area contributed by atoms with Crippen molar-refractivity contribution in [3.63, 3.8) is 0 Å². The van der Waals surface area contributed by atoms with Crippen LogP contribution in [0.25, 0.3) is 0 Å². The molecule has 0 saturated carbocycles. The SMILES string of the molecule is CC(C)(C)C1CC(=O)N(CCC2CCNCC2)C1. The van der Waals surface area contributed by atoms with Crippen LogP contribution in [0.3, 0.4) is 0 Å². The molecule has 104 valence electrons. The summed E-state index contributed by atoms with van der Waals surface area (Å²) in [5, 5.41) is 3.40. The van der Waals surface area contributed by atoms with Crippen molar-refractivity contribution in [1.29, 1.82) is 0 Å². The molecule has 1 amide bonds. The Morgan fingerprint density at radius 2 is 1.94 bits per heavy atom. The number of piperidine rings is 1. The Bertz CT molecular complexity index is 289. The summed E-state index contributed by atoms with van der Waals surface area (Å²) in [7, 11) is 0. The Morgan fingerprint density at radius 1 is 1.28 bits per heavy atom. The molecule has 3 nitrogen and oxygen atoms in total. The molecular weight excluding hydrogens is 224 g/mol. The third-order valence-corrected chi connectivity index (χ3v) is 4.71. The molecule has 18 heavy (non-hydrogen) atoms. The summed E-state index contributed by atoms with van der Waals surface area (Å²) >= 11 is 0. The summed E-state index contributed by atoms with van der Waals surface area (Å²) in [6.45, 7) is 11.0. The number of rotatable bonds is 3. The third-order valence-electron chi connectivity index (χ3n) is 4.71. The van der Waals surface area contributed by atoms with Crippen LogP contribution in [-0.2, 0) is 4.79 Å². The first-order valence-corrected chi connectivity index (χ1v) is 7.45. The smallest absolute Gasteiger partial charge is 0.222 e. The molecule has 2 saturated heterocycles. The molecule has 0 radical (unpaired) electrons. The lowest BCUT2D eigenvalue weighted by Crippen LogP contribution is -2.32. The molecule has 2 fully saturated rings. The summed E-state index contributed by atoms with van der Waals surface area (Å²) < 4.78 is 0. The monoisotopic (exact) mass is 252 g/mol. The van der Waals surface area contributed by atoms with Crippen molar-refractivity contribution in [2.45, 2.75) is 46.5 Å². The zero-order valence-corrected chi connectivity index (χ0v) is 12.2. The van der Waals surface area contributed by atoms with Gasteiger partial charge in [-0.15, -0.1) is 0 Å². The van der Waals surface area contributed by atoms with Crippen molar-refractivity contribution in [3.8, 4) is 0 Å². The summed E-state index contributed by atoms with van der Waals surface area (Å²) in [5.41, 5.74) is 0.263. The lowest BCUT2D eigenvalue weighted by atomic mass is 9.80. The van der Waals surface area contributed by atoms with Crippen LogP contribution in [0.2, 0.25) is 0 Å². The van der Waals surface area contributed by atoms with Crippen LogP contribution < -0.4 is 5.32 Å². The van der Waals surface area contributed by atoms with Crippen LogP contribution in [0.15, 0.2) is 0 Å². The van der Waals surface area contributed by atoms with Crippen LogP contribution in [0.5, 0.6) is 0 Å². The van der Waals surface area contributed by atoms with Gasteiger partial charge in [0.25, 0.3) is 0 Å². The van der Waals surface area contributed by atoms with Gasteiger partial charge in [0.2, 0.25) is 5.91 Å². The van der Waals surface area contributed by atoms with Crippen molar-refractivity contribution in [2.75, 3.05) is 26.2 Å². The van der Waals surface area contributed by atoms with Gasteiger partial charge in [-0.3, -0.25) is 4.79 Å².